The van der Waals surface area contributed by atoms with Gasteiger partial charge in [0.2, 0.25) is 11.8 Å². The lowest BCUT2D eigenvalue weighted by atomic mass is 10.2. The van der Waals surface area contributed by atoms with E-state index in [1.807, 2.05) is 48.7 Å². The minimum absolute atomic E-state index is 0.107. The number of carbonyl (C=O) groups excluding carboxylic acids is 1. The molecule has 1 fully saturated rings. The molecule has 0 bridgehead atoms. The maximum Gasteiger partial charge on any atom is 0.271 e. The second kappa shape index (κ2) is 9.50. The van der Waals surface area contributed by atoms with Crippen molar-refractivity contribution in [3.8, 4) is 5.88 Å². The Bertz CT molecular complexity index is 1240. The molecule has 0 unspecified atom stereocenters. The van der Waals surface area contributed by atoms with Crippen molar-refractivity contribution < 1.29 is 9.53 Å². The van der Waals surface area contributed by atoms with Crippen LogP contribution in [0.2, 0.25) is 0 Å². The number of hydrogen-bond donors (Lipinski definition) is 2. The summed E-state index contributed by atoms with van der Waals surface area (Å²) in [4.78, 5) is 30.8. The summed E-state index contributed by atoms with van der Waals surface area (Å²) in [7, 11) is 0. The molecule has 168 valence electrons. The minimum atomic E-state index is -0.257. The Morgan fingerprint density at radius 3 is 2.85 bits per heavy atom. The van der Waals surface area contributed by atoms with E-state index in [0.717, 1.165) is 28.1 Å². The average molecular weight is 461 g/mol. The van der Waals surface area contributed by atoms with E-state index in [1.165, 1.54) is 24.2 Å². The maximum absolute atomic E-state index is 13.0. The van der Waals surface area contributed by atoms with E-state index in [4.69, 9.17) is 4.74 Å². The molecule has 2 N–H and O–H groups in total. The zero-order valence-electron chi connectivity index (χ0n) is 18.2. The molecule has 1 aliphatic carbocycles. The number of nitrogens with zero attached hydrogens (tertiary/aromatic N) is 4. The Morgan fingerprint density at radius 2 is 2.09 bits per heavy atom. The molecule has 4 aromatic rings. The van der Waals surface area contributed by atoms with Gasteiger partial charge in [-0.05, 0) is 54.8 Å². The van der Waals surface area contributed by atoms with Crippen LogP contribution >= 0.6 is 11.3 Å². The molecule has 0 radical (unpaired) electrons. The average Bonchev–Trinajstić information content (AvgIpc) is 3.56. The third kappa shape index (κ3) is 5.25. The molecule has 4 aromatic heterocycles. The van der Waals surface area contributed by atoms with Gasteiger partial charge in [0, 0.05) is 25.0 Å². The number of amides is 1. The second-order valence-electron chi connectivity index (χ2n) is 8.09. The summed E-state index contributed by atoms with van der Waals surface area (Å²) in [6, 6.07) is 11.3. The molecule has 8 nitrogen and oxygen atoms in total. The molecule has 0 saturated heterocycles. The van der Waals surface area contributed by atoms with Crippen LogP contribution in [0.5, 0.6) is 5.88 Å². The fourth-order valence-electron chi connectivity index (χ4n) is 3.34. The first-order chi connectivity index (χ1) is 16.2. The Kier molecular flexibility index (Phi) is 6.12. The highest BCUT2D eigenvalue weighted by molar-refractivity contribution is 7.17. The Balaban J connectivity index is 1.27. The summed E-state index contributed by atoms with van der Waals surface area (Å²) >= 11 is 1.45. The number of nitrogens with one attached hydrogen (secondary N) is 2. The molecule has 5 rings (SSSR count). The summed E-state index contributed by atoms with van der Waals surface area (Å²) in [5, 5.41) is 8.11. The van der Waals surface area contributed by atoms with E-state index >= 15 is 0 Å². The fraction of sp³-hybridized carbons (Fsp3) is 0.292. The van der Waals surface area contributed by atoms with Crippen LogP contribution in [0.3, 0.4) is 0 Å². The van der Waals surface area contributed by atoms with Crippen LogP contribution in [0.25, 0.3) is 10.2 Å². The van der Waals surface area contributed by atoms with E-state index in [9.17, 15) is 4.79 Å². The van der Waals surface area contributed by atoms with Crippen molar-refractivity contribution in [2.45, 2.75) is 32.4 Å². The highest BCUT2D eigenvalue weighted by Crippen LogP contribution is 2.29. The second-order valence-corrected chi connectivity index (χ2v) is 9.01. The zero-order valence-corrected chi connectivity index (χ0v) is 19.0. The first kappa shape index (κ1) is 21.3. The van der Waals surface area contributed by atoms with Crippen molar-refractivity contribution in [2.24, 2.45) is 5.92 Å². The SMILES string of the molecule is C[C@H](Nc1nc(C(=O)NCc2ccc(OCC3CC3)nc2)c2sccc2n1)c1ccccn1. The lowest BCUT2D eigenvalue weighted by molar-refractivity contribution is 0.0948. The van der Waals surface area contributed by atoms with Crippen LogP contribution in [-0.4, -0.2) is 32.4 Å². The summed E-state index contributed by atoms with van der Waals surface area (Å²) in [5.74, 6) is 1.43. The first-order valence-corrected chi connectivity index (χ1v) is 11.8. The molecule has 1 amide bonds. The highest BCUT2D eigenvalue weighted by atomic mass is 32.1. The van der Waals surface area contributed by atoms with E-state index in [2.05, 4.69) is 30.6 Å². The van der Waals surface area contributed by atoms with Crippen LogP contribution in [0, 0.1) is 5.92 Å². The third-order valence-electron chi connectivity index (χ3n) is 5.41. The third-order valence-corrected chi connectivity index (χ3v) is 6.32. The van der Waals surface area contributed by atoms with Gasteiger partial charge in [0.05, 0.1) is 28.6 Å². The number of thiophene rings is 1. The van der Waals surface area contributed by atoms with Gasteiger partial charge in [0.1, 0.15) is 0 Å². The molecule has 1 atom stereocenters. The fourth-order valence-corrected chi connectivity index (χ4v) is 4.15. The van der Waals surface area contributed by atoms with Crippen molar-refractivity contribution in [1.82, 2.24) is 25.3 Å². The molecular weight excluding hydrogens is 436 g/mol. The van der Waals surface area contributed by atoms with Crippen molar-refractivity contribution >= 4 is 33.4 Å². The molecule has 0 aromatic carbocycles. The minimum Gasteiger partial charge on any atom is -0.477 e. The number of anilines is 1. The lowest BCUT2D eigenvalue weighted by Gasteiger charge is -2.14. The normalized spacial score (nSPS) is 14.1. The van der Waals surface area contributed by atoms with Gasteiger partial charge >= 0.3 is 0 Å². The molecule has 0 spiro atoms. The summed E-state index contributed by atoms with van der Waals surface area (Å²) < 4.78 is 6.43. The predicted molar refractivity (Wildman–Crippen MR) is 127 cm³/mol. The number of aromatic nitrogens is 4. The Morgan fingerprint density at radius 1 is 1.18 bits per heavy atom. The van der Waals surface area contributed by atoms with Crippen LogP contribution in [-0.2, 0) is 6.54 Å². The molecule has 9 heteroatoms. The van der Waals surface area contributed by atoms with Crippen LogP contribution in [0.1, 0.15) is 47.6 Å². The summed E-state index contributed by atoms with van der Waals surface area (Å²) in [6.07, 6.45) is 5.95. The van der Waals surface area contributed by atoms with Gasteiger partial charge in [-0.15, -0.1) is 11.3 Å². The predicted octanol–water partition coefficient (Wildman–Crippen LogP) is 4.37. The summed E-state index contributed by atoms with van der Waals surface area (Å²) in [6.45, 7) is 3.05. The van der Waals surface area contributed by atoms with Crippen LogP contribution in [0.15, 0.2) is 54.2 Å². The van der Waals surface area contributed by atoms with E-state index in [1.54, 1.807) is 12.4 Å². The van der Waals surface area contributed by atoms with E-state index in [0.29, 0.717) is 30.0 Å². The number of rotatable bonds is 9. The molecule has 0 aliphatic heterocycles. The first-order valence-electron chi connectivity index (χ1n) is 10.9. The van der Waals surface area contributed by atoms with Crippen molar-refractivity contribution in [3.05, 3.63) is 71.1 Å². The standard InChI is InChI=1S/C24H24N6O2S/c1-15(18-4-2-3-10-25-18)28-24-29-19-9-11-33-22(19)21(30-24)23(31)27-13-17-7-8-20(26-12-17)32-14-16-5-6-16/h2-4,7-12,15-16H,5-6,13-14H2,1H3,(H,27,31)(H,28,29,30)/t15-/m0/s1. The molecular formula is C24H24N6O2S. The number of pyridine rings is 2. The molecule has 1 saturated carbocycles. The van der Waals surface area contributed by atoms with Crippen molar-refractivity contribution in [2.75, 3.05) is 11.9 Å². The molecule has 1 aliphatic rings. The highest BCUT2D eigenvalue weighted by Gasteiger charge is 2.22. The topological polar surface area (TPSA) is 102 Å². The van der Waals surface area contributed by atoms with E-state index < -0.39 is 0 Å². The zero-order chi connectivity index (χ0) is 22.6. The van der Waals surface area contributed by atoms with Gasteiger partial charge < -0.3 is 15.4 Å². The van der Waals surface area contributed by atoms with Gasteiger partial charge in [-0.2, -0.15) is 0 Å². The van der Waals surface area contributed by atoms with Gasteiger partial charge in [-0.3, -0.25) is 9.78 Å². The number of hydrogen-bond acceptors (Lipinski definition) is 8. The molecule has 33 heavy (non-hydrogen) atoms. The van der Waals surface area contributed by atoms with Gasteiger partial charge in [0.25, 0.3) is 5.91 Å². The van der Waals surface area contributed by atoms with E-state index in [-0.39, 0.29) is 11.9 Å². The summed E-state index contributed by atoms with van der Waals surface area (Å²) in [5.41, 5.74) is 2.84. The lowest BCUT2D eigenvalue weighted by Crippen LogP contribution is -2.25. The van der Waals surface area contributed by atoms with Gasteiger partial charge in [-0.1, -0.05) is 12.1 Å². The number of ether oxygens (including phenoxy) is 1. The monoisotopic (exact) mass is 460 g/mol. The van der Waals surface area contributed by atoms with Crippen LogP contribution in [0.4, 0.5) is 5.95 Å². The largest absolute Gasteiger partial charge is 0.477 e. The number of carbonyl (C=O) groups is 1. The number of fused-ring (bicyclic) bond motifs is 1. The maximum atomic E-state index is 13.0. The Hall–Kier alpha value is -3.59. The Labute approximate surface area is 195 Å². The quantitative estimate of drug-likeness (QED) is 0.382. The van der Waals surface area contributed by atoms with Crippen molar-refractivity contribution in [1.29, 1.82) is 0 Å². The van der Waals surface area contributed by atoms with Gasteiger partial charge in [0.15, 0.2) is 5.69 Å². The van der Waals surface area contributed by atoms with Crippen molar-refractivity contribution in [3.63, 3.8) is 0 Å². The van der Waals surface area contributed by atoms with Crippen LogP contribution < -0.4 is 15.4 Å². The smallest absolute Gasteiger partial charge is 0.271 e. The molecule has 4 heterocycles. The van der Waals surface area contributed by atoms with Gasteiger partial charge in [-0.25, -0.2) is 15.0 Å².